The molecule has 10 nitrogen and oxygen atoms in total. The van der Waals surface area contributed by atoms with Crippen LogP contribution in [0.15, 0.2) is 216 Å². The van der Waals surface area contributed by atoms with Crippen LogP contribution in [0.4, 0.5) is 11.4 Å². The van der Waals surface area contributed by atoms with Gasteiger partial charge in [0.2, 0.25) is 0 Å². The highest BCUT2D eigenvalue weighted by Gasteiger charge is 2.27. The number of rotatable bonds is 8. The molecule has 7 heterocycles. The number of benzene rings is 8. The van der Waals surface area contributed by atoms with Crippen molar-refractivity contribution < 1.29 is 9.85 Å². The molecule has 5 aliphatic rings. The van der Waals surface area contributed by atoms with Crippen molar-refractivity contribution in [3.05, 3.63) is 370 Å². The molecule has 0 atom stereocenters. The number of allylic oxidation sites excluding steroid dienone is 4. The number of fused-ring (bicyclic) bond motifs is 2. The minimum atomic E-state index is -0.392. The van der Waals surface area contributed by atoms with Crippen LogP contribution in [0.1, 0.15) is 123 Å². The van der Waals surface area contributed by atoms with E-state index in [-0.39, 0.29) is 11.4 Å². The van der Waals surface area contributed by atoms with Gasteiger partial charge in [-0.1, -0.05) is 119 Å². The molecule has 452 valence electrons. The van der Waals surface area contributed by atoms with Crippen molar-refractivity contribution in [1.29, 1.82) is 0 Å². The second-order valence-corrected chi connectivity index (χ2v) is 25.1. The van der Waals surface area contributed by atoms with Gasteiger partial charge in [0, 0.05) is 80.5 Å². The normalized spacial score (nSPS) is 13.9. The number of nitro benzene ring substituents is 2. The molecule has 8 aromatic carbocycles. The van der Waals surface area contributed by atoms with Crippen LogP contribution in [0.2, 0.25) is 0 Å². The van der Waals surface area contributed by atoms with Gasteiger partial charge in [-0.15, -0.1) is 0 Å². The second kappa shape index (κ2) is 23.7. The van der Waals surface area contributed by atoms with Gasteiger partial charge in [0.1, 0.15) is 0 Å². The summed E-state index contributed by atoms with van der Waals surface area (Å²) in [5, 5.41) is 28.4. The van der Waals surface area contributed by atoms with Crippen LogP contribution in [0.5, 0.6) is 0 Å². The summed E-state index contributed by atoms with van der Waals surface area (Å²) in [6.45, 7) is 26.1. The molecule has 10 aromatic rings. The first-order valence-electron chi connectivity index (χ1n) is 31.1. The van der Waals surface area contributed by atoms with E-state index < -0.39 is 9.85 Å². The Bertz CT molecular complexity index is 4860. The maximum Gasteiger partial charge on any atom is 0.269 e. The minimum Gasteiger partial charge on any atom is -0.354 e. The molecule has 0 aliphatic carbocycles. The summed E-state index contributed by atoms with van der Waals surface area (Å²) in [6.07, 6.45) is 8.20. The second-order valence-electron chi connectivity index (χ2n) is 25.1. The Hall–Kier alpha value is -11.1. The molecule has 0 fully saturated rings. The number of aromatic nitrogens is 2. The third-order valence-electron chi connectivity index (χ3n) is 18.1. The lowest BCUT2D eigenvalue weighted by Gasteiger charge is -2.17. The summed E-state index contributed by atoms with van der Waals surface area (Å²) < 4.78 is 0. The van der Waals surface area contributed by atoms with Crippen LogP contribution in [-0.4, -0.2) is 31.2 Å². The number of hydrogen-bond acceptors (Lipinski definition) is 6. The molecule has 0 saturated carbocycles. The lowest BCUT2D eigenvalue weighted by atomic mass is 9.88. The largest absolute Gasteiger partial charge is 0.354 e. The summed E-state index contributed by atoms with van der Waals surface area (Å²) in [5.41, 5.74) is 31.5. The predicted octanol–water partition coefficient (Wildman–Crippen LogP) is 16.0. The molecule has 15 rings (SSSR count). The Morgan fingerprint density at radius 1 is 0.293 bits per heavy atom. The van der Waals surface area contributed by atoms with Gasteiger partial charge in [0.25, 0.3) is 11.4 Å². The van der Waals surface area contributed by atoms with Crippen molar-refractivity contribution in [3.8, 4) is 0 Å². The van der Waals surface area contributed by atoms with Crippen LogP contribution < -0.4 is 20.9 Å². The lowest BCUT2D eigenvalue weighted by molar-refractivity contribution is -0.385. The lowest BCUT2D eigenvalue weighted by Crippen LogP contribution is -2.19. The number of aromatic amines is 2. The summed E-state index contributed by atoms with van der Waals surface area (Å²) in [5.74, 6) is 0. The zero-order valence-corrected chi connectivity index (χ0v) is 53.9. The topological polar surface area (TPSA) is 143 Å². The van der Waals surface area contributed by atoms with Crippen LogP contribution in [0.3, 0.4) is 0 Å². The van der Waals surface area contributed by atoms with E-state index in [1.807, 2.05) is 24.3 Å². The average molecular weight is 1200 g/mol. The predicted molar refractivity (Wildman–Crippen MR) is 375 cm³/mol. The van der Waals surface area contributed by atoms with E-state index >= 15 is 0 Å². The van der Waals surface area contributed by atoms with Gasteiger partial charge in [-0.2, -0.15) is 0 Å². The summed E-state index contributed by atoms with van der Waals surface area (Å²) in [7, 11) is 0. The molecule has 0 radical (unpaired) electrons. The average Bonchev–Trinajstić information content (AvgIpc) is 1.48. The number of nitro groups is 2. The monoisotopic (exact) mass is 1200 g/mol. The van der Waals surface area contributed by atoms with Crippen molar-refractivity contribution in [2.24, 2.45) is 9.98 Å². The highest BCUT2D eigenvalue weighted by molar-refractivity contribution is 6.32. The molecule has 2 N–H and O–H groups in total. The number of H-pyrrole nitrogens is 2. The van der Waals surface area contributed by atoms with Gasteiger partial charge in [0.15, 0.2) is 0 Å². The molecule has 0 saturated heterocycles. The van der Waals surface area contributed by atoms with Crippen LogP contribution in [0.25, 0.3) is 33.4 Å². The smallest absolute Gasteiger partial charge is 0.269 e. The standard InChI is InChI=1S/C82H70N6O4/c1-45-37-49(5)73(50(6)38-45)79-59-13-17-61(18-14-59)81(75-53(9)41-47(3)42-54(75)10)71-35-36-72(86-71)82(76-55(11)43-48(4)44-56(76)12)62-19-15-60(16-20-62)80(74-51(7)39-46(2)40-52(74)8)70-34-32-68(85-70)78(58-23-27-64(28-24-58)88(91)92)66-30-29-65(83-66)77(67-31-33-69(79)84-67)57-21-25-63(26-22-57)87(89)90/h13-44,83,86H,1-12H3. The third-order valence-corrected chi connectivity index (χ3v) is 18.1. The Balaban J connectivity index is 1.18. The van der Waals surface area contributed by atoms with Crippen molar-refractivity contribution >= 4 is 56.2 Å². The van der Waals surface area contributed by atoms with E-state index in [1.54, 1.807) is 24.3 Å². The first-order valence-corrected chi connectivity index (χ1v) is 31.1. The number of nitrogens with one attached hydrogen (secondary N) is 2. The SMILES string of the molecule is Cc1cc(C)c(C2=c3ccc(cc3)=C(c3c(C)cc(C)cc3C)c3ccc([nH]3)C(c3c(C)cc(C)cc3C)=c3ccc(cc3)=C(c3c(C)cc(C)cc3C)C3=NC(=C(c4ccc([N+](=O)[O-])cc4)c4ccc([nH]4)C(c4ccc([N+](=O)[O-])cc4)=C4C=CC2=N4)C=C3)c(C)c1. The highest BCUT2D eigenvalue weighted by atomic mass is 16.6. The van der Waals surface area contributed by atoms with Gasteiger partial charge in [-0.25, -0.2) is 9.98 Å². The number of nitrogens with zero attached hydrogens (tertiary/aromatic N) is 4. The molecule has 0 spiro atoms. The molecule has 2 aromatic heterocycles. The maximum atomic E-state index is 12.2. The maximum absolute atomic E-state index is 12.2. The van der Waals surface area contributed by atoms with Gasteiger partial charge in [-0.3, -0.25) is 20.2 Å². The number of hydrogen-bond donors (Lipinski definition) is 2. The Labute approximate surface area is 535 Å². The van der Waals surface area contributed by atoms with E-state index in [0.29, 0.717) is 33.9 Å². The van der Waals surface area contributed by atoms with E-state index in [9.17, 15) is 20.2 Å². The van der Waals surface area contributed by atoms with Gasteiger partial charge in [-0.05, 0) is 255 Å². The summed E-state index contributed by atoms with van der Waals surface area (Å²) in [6, 6.07) is 57.6. The molecule has 0 amide bonds. The van der Waals surface area contributed by atoms with Crippen molar-refractivity contribution in [1.82, 2.24) is 9.97 Å². The molecule has 0 unspecified atom stereocenters. The van der Waals surface area contributed by atoms with E-state index in [0.717, 1.165) is 122 Å². The highest BCUT2D eigenvalue weighted by Crippen LogP contribution is 2.39. The first-order chi connectivity index (χ1) is 44.2. The quantitative estimate of drug-likeness (QED) is 0.115. The molecule has 5 aliphatic heterocycles. The van der Waals surface area contributed by atoms with Crippen molar-refractivity contribution in [2.75, 3.05) is 0 Å². The van der Waals surface area contributed by atoms with Gasteiger partial charge in [0.05, 0.1) is 32.7 Å². The van der Waals surface area contributed by atoms with E-state index in [4.69, 9.17) is 9.98 Å². The number of aliphatic imine (C=N–C) groups is 2. The Morgan fingerprint density at radius 2 is 0.533 bits per heavy atom. The fourth-order valence-electron chi connectivity index (χ4n) is 14.7. The first kappa shape index (κ1) is 59.8. The van der Waals surface area contributed by atoms with E-state index in [2.05, 4.69) is 214 Å². The Morgan fingerprint density at radius 3 is 0.793 bits per heavy atom. The van der Waals surface area contributed by atoms with Crippen molar-refractivity contribution in [3.63, 3.8) is 0 Å². The van der Waals surface area contributed by atoms with Crippen LogP contribution >= 0.6 is 0 Å². The van der Waals surface area contributed by atoms with Crippen LogP contribution in [0, 0.1) is 103 Å². The van der Waals surface area contributed by atoms with E-state index in [1.165, 1.54) is 68.8 Å². The zero-order valence-electron chi connectivity index (χ0n) is 53.9. The fourth-order valence-corrected chi connectivity index (χ4v) is 14.7. The molecule has 10 heteroatoms. The zero-order chi connectivity index (χ0) is 64.5. The molecule has 12 bridgehead atoms. The number of non-ortho nitro benzene ring substituents is 2. The summed E-state index contributed by atoms with van der Waals surface area (Å²) >= 11 is 0. The number of aryl methyl sites for hydroxylation is 12. The Kier molecular flexibility index (Phi) is 15.4. The minimum absolute atomic E-state index is 0.0340. The molecule has 92 heavy (non-hydrogen) atoms. The third kappa shape index (κ3) is 11.0. The fraction of sp³-hybridized carbons (Fsp3) is 0.146. The van der Waals surface area contributed by atoms with Crippen LogP contribution in [-0.2, 0) is 0 Å². The molecular formula is C82H70N6O4. The summed E-state index contributed by atoms with van der Waals surface area (Å²) in [4.78, 5) is 42.6. The molecular weight excluding hydrogens is 1130 g/mol. The van der Waals surface area contributed by atoms with Gasteiger partial charge < -0.3 is 9.97 Å². The van der Waals surface area contributed by atoms with Crippen molar-refractivity contribution in [2.45, 2.75) is 83.1 Å². The van der Waals surface area contributed by atoms with Gasteiger partial charge >= 0.3 is 0 Å².